The van der Waals surface area contributed by atoms with E-state index in [-0.39, 0.29) is 5.91 Å². The first-order valence-electron chi connectivity index (χ1n) is 7.38. The van der Waals surface area contributed by atoms with Crippen molar-refractivity contribution >= 4 is 5.91 Å². The molecule has 1 aliphatic heterocycles. The largest absolute Gasteiger partial charge is 0.368 e. The van der Waals surface area contributed by atoms with Gasteiger partial charge in [0, 0.05) is 6.04 Å². The molecule has 0 radical (unpaired) electrons. The summed E-state index contributed by atoms with van der Waals surface area (Å²) in [5.74, 6) is 0.557. The third kappa shape index (κ3) is 2.86. The predicted molar refractivity (Wildman–Crippen MR) is 73.0 cm³/mol. The number of nitrogens with zero attached hydrogens (tertiary/aromatic N) is 1. The fourth-order valence-corrected chi connectivity index (χ4v) is 3.55. The van der Waals surface area contributed by atoms with Gasteiger partial charge in [-0.3, -0.25) is 4.79 Å². The molecule has 0 aromatic rings. The number of carbonyl (C=O) groups is 1. The highest BCUT2D eigenvalue weighted by Gasteiger charge is 2.42. The molecule has 3 atom stereocenters. The van der Waals surface area contributed by atoms with Gasteiger partial charge in [-0.1, -0.05) is 13.3 Å². The first-order valence-corrected chi connectivity index (χ1v) is 7.38. The van der Waals surface area contributed by atoms with E-state index in [0.717, 1.165) is 38.3 Å². The summed E-state index contributed by atoms with van der Waals surface area (Å²) in [4.78, 5) is 13.9. The van der Waals surface area contributed by atoms with Crippen LogP contribution in [0, 0.1) is 5.92 Å². The summed E-state index contributed by atoms with van der Waals surface area (Å²) in [5, 5.41) is 0. The smallest absolute Gasteiger partial charge is 0.237 e. The van der Waals surface area contributed by atoms with Gasteiger partial charge in [-0.2, -0.15) is 0 Å². The molecule has 2 fully saturated rings. The minimum absolute atomic E-state index is 0.328. The highest BCUT2D eigenvalue weighted by molar-refractivity contribution is 5.84. The third-order valence-electron chi connectivity index (χ3n) is 4.99. The van der Waals surface area contributed by atoms with Crippen LogP contribution in [0.5, 0.6) is 0 Å². The van der Waals surface area contributed by atoms with E-state index in [2.05, 4.69) is 11.8 Å². The fraction of sp³-hybridized carbons (Fsp3) is 0.929. The van der Waals surface area contributed by atoms with E-state index in [4.69, 9.17) is 11.5 Å². The van der Waals surface area contributed by atoms with Crippen LogP contribution < -0.4 is 11.5 Å². The highest BCUT2D eigenvalue weighted by atomic mass is 16.1. The molecule has 1 heterocycles. The Bertz CT molecular complexity index is 307. The van der Waals surface area contributed by atoms with Crippen LogP contribution in [0.1, 0.15) is 51.9 Å². The molecule has 3 unspecified atom stereocenters. The Morgan fingerprint density at radius 3 is 2.72 bits per heavy atom. The SMILES string of the molecule is CCC1CCCN(C2CCC(N)(C(N)=O)C2)CC1. The molecule has 1 aliphatic carbocycles. The average Bonchev–Trinajstić information content (AvgIpc) is 2.62. The molecule has 4 heteroatoms. The van der Waals surface area contributed by atoms with Gasteiger partial charge in [-0.25, -0.2) is 0 Å². The van der Waals surface area contributed by atoms with Crippen molar-refractivity contribution < 1.29 is 4.79 Å². The van der Waals surface area contributed by atoms with Crippen LogP contribution in [0.2, 0.25) is 0 Å². The Morgan fingerprint density at radius 1 is 1.33 bits per heavy atom. The molecule has 18 heavy (non-hydrogen) atoms. The second kappa shape index (κ2) is 5.57. The molecule has 4 nitrogen and oxygen atoms in total. The van der Waals surface area contributed by atoms with E-state index >= 15 is 0 Å². The van der Waals surface area contributed by atoms with Crippen LogP contribution in [0.15, 0.2) is 0 Å². The van der Waals surface area contributed by atoms with E-state index in [0.29, 0.717) is 6.04 Å². The lowest BCUT2D eigenvalue weighted by molar-refractivity contribution is -0.123. The van der Waals surface area contributed by atoms with Gasteiger partial charge in [0.25, 0.3) is 0 Å². The maximum atomic E-state index is 11.4. The van der Waals surface area contributed by atoms with Crippen LogP contribution in [0.3, 0.4) is 0 Å². The Labute approximate surface area is 110 Å². The van der Waals surface area contributed by atoms with Gasteiger partial charge in [0.15, 0.2) is 0 Å². The lowest BCUT2D eigenvalue weighted by Gasteiger charge is -2.28. The highest BCUT2D eigenvalue weighted by Crippen LogP contribution is 2.33. The lowest BCUT2D eigenvalue weighted by Crippen LogP contribution is -2.51. The molecule has 0 spiro atoms. The van der Waals surface area contributed by atoms with Crippen LogP contribution in [-0.2, 0) is 4.79 Å². The second-order valence-electron chi connectivity index (χ2n) is 6.16. The maximum absolute atomic E-state index is 11.4. The summed E-state index contributed by atoms with van der Waals surface area (Å²) in [6.07, 6.45) is 7.74. The first kappa shape index (κ1) is 13.8. The van der Waals surface area contributed by atoms with Crippen molar-refractivity contribution in [3.8, 4) is 0 Å². The fourth-order valence-electron chi connectivity index (χ4n) is 3.55. The standard InChI is InChI=1S/C14H27N3O/c1-2-11-4-3-8-17(9-6-11)12-5-7-14(16,10-12)13(15)18/h11-12H,2-10,16H2,1H3,(H2,15,18). The predicted octanol–water partition coefficient (Wildman–Crippen LogP) is 1.23. The van der Waals surface area contributed by atoms with Crippen molar-refractivity contribution in [2.24, 2.45) is 17.4 Å². The number of carbonyl (C=O) groups excluding carboxylic acids is 1. The molecule has 0 aromatic heterocycles. The van der Waals surface area contributed by atoms with E-state index in [1.807, 2.05) is 0 Å². The van der Waals surface area contributed by atoms with Crippen molar-refractivity contribution in [1.82, 2.24) is 4.90 Å². The summed E-state index contributed by atoms with van der Waals surface area (Å²) in [5.41, 5.74) is 10.8. The summed E-state index contributed by atoms with van der Waals surface area (Å²) in [6.45, 7) is 4.61. The van der Waals surface area contributed by atoms with Crippen LogP contribution in [0.25, 0.3) is 0 Å². The Hall–Kier alpha value is -0.610. The number of amides is 1. The van der Waals surface area contributed by atoms with Gasteiger partial charge in [0.2, 0.25) is 5.91 Å². The van der Waals surface area contributed by atoms with Gasteiger partial charge in [0.1, 0.15) is 0 Å². The number of hydrogen-bond donors (Lipinski definition) is 2. The number of primary amides is 1. The summed E-state index contributed by atoms with van der Waals surface area (Å²) >= 11 is 0. The number of hydrogen-bond acceptors (Lipinski definition) is 3. The summed E-state index contributed by atoms with van der Waals surface area (Å²) < 4.78 is 0. The molecule has 1 saturated carbocycles. The zero-order chi connectivity index (χ0) is 13.2. The van der Waals surface area contributed by atoms with Gasteiger partial charge in [0.05, 0.1) is 5.54 Å². The Kier molecular flexibility index (Phi) is 4.28. The minimum Gasteiger partial charge on any atom is -0.368 e. The van der Waals surface area contributed by atoms with Crippen molar-refractivity contribution in [1.29, 1.82) is 0 Å². The van der Waals surface area contributed by atoms with E-state index in [1.165, 1.54) is 25.7 Å². The van der Waals surface area contributed by atoms with E-state index < -0.39 is 5.54 Å². The second-order valence-corrected chi connectivity index (χ2v) is 6.16. The van der Waals surface area contributed by atoms with Crippen LogP contribution in [0.4, 0.5) is 0 Å². The molecular formula is C14H27N3O. The molecular weight excluding hydrogens is 226 g/mol. The zero-order valence-electron chi connectivity index (χ0n) is 11.5. The van der Waals surface area contributed by atoms with E-state index in [1.54, 1.807) is 0 Å². The summed E-state index contributed by atoms with van der Waals surface area (Å²) in [7, 11) is 0. The minimum atomic E-state index is -0.749. The molecule has 2 rings (SSSR count). The van der Waals surface area contributed by atoms with Crippen molar-refractivity contribution in [2.45, 2.75) is 63.5 Å². The number of likely N-dealkylation sites (tertiary alicyclic amines) is 1. The lowest BCUT2D eigenvalue weighted by atomic mass is 9.98. The molecule has 1 amide bonds. The quantitative estimate of drug-likeness (QED) is 0.794. The topological polar surface area (TPSA) is 72.3 Å². The molecule has 0 bridgehead atoms. The third-order valence-corrected chi connectivity index (χ3v) is 4.99. The molecule has 2 aliphatic rings. The van der Waals surface area contributed by atoms with Gasteiger partial charge >= 0.3 is 0 Å². The molecule has 1 saturated heterocycles. The Morgan fingerprint density at radius 2 is 2.11 bits per heavy atom. The summed E-state index contributed by atoms with van der Waals surface area (Å²) in [6, 6.07) is 0.470. The van der Waals surface area contributed by atoms with Gasteiger partial charge < -0.3 is 16.4 Å². The maximum Gasteiger partial charge on any atom is 0.237 e. The monoisotopic (exact) mass is 253 g/mol. The van der Waals surface area contributed by atoms with Crippen molar-refractivity contribution in [2.75, 3.05) is 13.1 Å². The number of rotatable bonds is 3. The average molecular weight is 253 g/mol. The molecule has 104 valence electrons. The normalized spacial score (nSPS) is 38.6. The Balaban J connectivity index is 1.91. The van der Waals surface area contributed by atoms with Gasteiger partial charge in [-0.05, 0) is 57.5 Å². The molecule has 0 aromatic carbocycles. The van der Waals surface area contributed by atoms with Crippen LogP contribution >= 0.6 is 0 Å². The van der Waals surface area contributed by atoms with Crippen LogP contribution in [-0.4, -0.2) is 35.5 Å². The van der Waals surface area contributed by atoms with E-state index in [9.17, 15) is 4.79 Å². The number of nitrogens with two attached hydrogens (primary N) is 2. The van der Waals surface area contributed by atoms with Gasteiger partial charge in [-0.15, -0.1) is 0 Å². The molecule has 4 N–H and O–H groups in total. The first-order chi connectivity index (χ1) is 8.55. The van der Waals surface area contributed by atoms with Crippen molar-refractivity contribution in [3.05, 3.63) is 0 Å². The zero-order valence-corrected chi connectivity index (χ0v) is 11.5. The van der Waals surface area contributed by atoms with Crippen molar-refractivity contribution in [3.63, 3.8) is 0 Å².